The van der Waals surface area contributed by atoms with E-state index in [-0.39, 0.29) is 0 Å². The van der Waals surface area contributed by atoms with Crippen molar-refractivity contribution in [2.24, 2.45) is 5.92 Å². The van der Waals surface area contributed by atoms with Crippen LogP contribution in [-0.2, 0) is 0 Å². The summed E-state index contributed by atoms with van der Waals surface area (Å²) in [6.45, 7) is 7.47. The van der Waals surface area contributed by atoms with Gasteiger partial charge >= 0.3 is 0 Å². The number of thioether (sulfide) groups is 1. The van der Waals surface area contributed by atoms with Crippen molar-refractivity contribution in [3.8, 4) is 0 Å². The SMILES string of the molecule is CCCNC1CCCCC1CN1CCSCC1. The van der Waals surface area contributed by atoms with Gasteiger partial charge in [0.2, 0.25) is 0 Å². The number of rotatable bonds is 5. The molecule has 0 amide bonds. The van der Waals surface area contributed by atoms with Gasteiger partial charge in [-0.15, -0.1) is 0 Å². The molecule has 2 aliphatic rings. The third-order valence-electron chi connectivity index (χ3n) is 4.16. The molecule has 0 aromatic rings. The molecule has 0 spiro atoms. The van der Waals surface area contributed by atoms with Crippen molar-refractivity contribution in [2.75, 3.05) is 37.7 Å². The highest BCUT2D eigenvalue weighted by atomic mass is 32.2. The molecule has 0 radical (unpaired) electrons. The molecule has 2 nitrogen and oxygen atoms in total. The Balaban J connectivity index is 1.78. The van der Waals surface area contributed by atoms with Gasteiger partial charge in [-0.25, -0.2) is 0 Å². The van der Waals surface area contributed by atoms with Crippen LogP contribution in [0.2, 0.25) is 0 Å². The minimum Gasteiger partial charge on any atom is -0.314 e. The van der Waals surface area contributed by atoms with Crippen LogP contribution in [0.3, 0.4) is 0 Å². The summed E-state index contributed by atoms with van der Waals surface area (Å²) in [4.78, 5) is 2.70. The Labute approximate surface area is 111 Å². The quantitative estimate of drug-likeness (QED) is 0.814. The lowest BCUT2D eigenvalue weighted by atomic mass is 9.84. The Morgan fingerprint density at radius 2 is 1.94 bits per heavy atom. The molecule has 1 aliphatic carbocycles. The average molecular weight is 256 g/mol. The zero-order valence-electron chi connectivity index (χ0n) is 11.3. The van der Waals surface area contributed by atoms with Crippen molar-refractivity contribution in [3.63, 3.8) is 0 Å². The zero-order chi connectivity index (χ0) is 11.9. The molecule has 0 aromatic heterocycles. The van der Waals surface area contributed by atoms with Crippen molar-refractivity contribution in [1.29, 1.82) is 0 Å². The minimum atomic E-state index is 0.804. The molecule has 17 heavy (non-hydrogen) atoms. The second-order valence-electron chi connectivity index (χ2n) is 5.52. The number of hydrogen-bond acceptors (Lipinski definition) is 3. The molecule has 2 rings (SSSR count). The highest BCUT2D eigenvalue weighted by Crippen LogP contribution is 2.26. The van der Waals surface area contributed by atoms with Gasteiger partial charge in [0.1, 0.15) is 0 Å². The predicted octanol–water partition coefficient (Wildman–Crippen LogP) is 2.59. The van der Waals surface area contributed by atoms with Crippen LogP contribution in [0.4, 0.5) is 0 Å². The van der Waals surface area contributed by atoms with E-state index in [4.69, 9.17) is 0 Å². The van der Waals surface area contributed by atoms with Crippen molar-refractivity contribution in [1.82, 2.24) is 10.2 Å². The van der Waals surface area contributed by atoms with Crippen LogP contribution < -0.4 is 5.32 Å². The summed E-state index contributed by atoms with van der Waals surface area (Å²) >= 11 is 2.12. The van der Waals surface area contributed by atoms with Crippen LogP contribution >= 0.6 is 11.8 Å². The summed E-state index contributed by atoms with van der Waals surface area (Å²) in [6, 6.07) is 0.804. The normalized spacial score (nSPS) is 31.6. The molecule has 1 aliphatic heterocycles. The molecule has 3 heteroatoms. The van der Waals surface area contributed by atoms with Crippen molar-refractivity contribution >= 4 is 11.8 Å². The van der Waals surface area contributed by atoms with E-state index in [1.807, 2.05) is 0 Å². The van der Waals surface area contributed by atoms with E-state index in [1.54, 1.807) is 0 Å². The first-order valence-electron chi connectivity index (χ1n) is 7.43. The molecule has 2 unspecified atom stereocenters. The maximum Gasteiger partial charge on any atom is 0.0107 e. The Hall–Kier alpha value is 0.270. The molecule has 100 valence electrons. The standard InChI is InChI=1S/C14H28N2S/c1-2-7-15-14-6-4-3-5-13(14)12-16-8-10-17-11-9-16/h13-15H,2-12H2,1H3. The smallest absolute Gasteiger partial charge is 0.0107 e. The van der Waals surface area contributed by atoms with E-state index >= 15 is 0 Å². The Bertz CT molecular complexity index is 204. The molecule has 0 aromatic carbocycles. The van der Waals surface area contributed by atoms with E-state index in [0.717, 1.165) is 12.0 Å². The first-order chi connectivity index (χ1) is 8.40. The van der Waals surface area contributed by atoms with E-state index in [1.165, 1.54) is 69.8 Å². The first-order valence-corrected chi connectivity index (χ1v) is 8.59. The van der Waals surface area contributed by atoms with E-state index in [9.17, 15) is 0 Å². The van der Waals surface area contributed by atoms with Gasteiger partial charge in [-0.2, -0.15) is 11.8 Å². The van der Waals surface area contributed by atoms with E-state index in [2.05, 4.69) is 28.9 Å². The van der Waals surface area contributed by atoms with E-state index < -0.39 is 0 Å². The molecule has 1 saturated heterocycles. The third kappa shape index (κ3) is 4.46. The highest BCUT2D eigenvalue weighted by Gasteiger charge is 2.26. The molecule has 1 heterocycles. The first kappa shape index (κ1) is 13.7. The summed E-state index contributed by atoms with van der Waals surface area (Å²) in [5.74, 6) is 3.61. The third-order valence-corrected chi connectivity index (χ3v) is 5.10. The Kier molecular flexibility index (Phi) is 6.16. The summed E-state index contributed by atoms with van der Waals surface area (Å²) in [5, 5.41) is 3.78. The summed E-state index contributed by atoms with van der Waals surface area (Å²) < 4.78 is 0. The highest BCUT2D eigenvalue weighted by molar-refractivity contribution is 7.99. The van der Waals surface area contributed by atoms with Crippen LogP contribution in [0.25, 0.3) is 0 Å². The molecular formula is C14H28N2S. The molecule has 0 bridgehead atoms. The van der Waals surface area contributed by atoms with Gasteiger partial charge in [0.15, 0.2) is 0 Å². The average Bonchev–Trinajstić information content (AvgIpc) is 2.39. The van der Waals surface area contributed by atoms with Gasteiger partial charge in [-0.3, -0.25) is 0 Å². The predicted molar refractivity (Wildman–Crippen MR) is 77.8 cm³/mol. The van der Waals surface area contributed by atoms with Crippen molar-refractivity contribution in [3.05, 3.63) is 0 Å². The lowest BCUT2D eigenvalue weighted by Crippen LogP contribution is -2.46. The van der Waals surface area contributed by atoms with Gasteiger partial charge < -0.3 is 10.2 Å². The lowest BCUT2D eigenvalue weighted by molar-refractivity contribution is 0.177. The second kappa shape index (κ2) is 7.65. The number of nitrogens with zero attached hydrogens (tertiary/aromatic N) is 1. The monoisotopic (exact) mass is 256 g/mol. The molecule has 2 atom stereocenters. The van der Waals surface area contributed by atoms with Gasteiger partial charge in [0.05, 0.1) is 0 Å². The second-order valence-corrected chi connectivity index (χ2v) is 6.74. The van der Waals surface area contributed by atoms with Gasteiger partial charge in [0, 0.05) is 37.2 Å². The fourth-order valence-electron chi connectivity index (χ4n) is 3.14. The molecular weight excluding hydrogens is 228 g/mol. The lowest BCUT2D eigenvalue weighted by Gasteiger charge is -2.37. The Morgan fingerprint density at radius 3 is 2.71 bits per heavy atom. The molecule has 1 saturated carbocycles. The van der Waals surface area contributed by atoms with Crippen LogP contribution in [0, 0.1) is 5.92 Å². The van der Waals surface area contributed by atoms with E-state index in [0.29, 0.717) is 0 Å². The van der Waals surface area contributed by atoms with Crippen LogP contribution in [0.5, 0.6) is 0 Å². The van der Waals surface area contributed by atoms with Crippen LogP contribution in [0.15, 0.2) is 0 Å². The topological polar surface area (TPSA) is 15.3 Å². The Morgan fingerprint density at radius 1 is 1.18 bits per heavy atom. The number of nitrogens with one attached hydrogen (secondary N) is 1. The number of hydrogen-bond donors (Lipinski definition) is 1. The minimum absolute atomic E-state index is 0.804. The van der Waals surface area contributed by atoms with Crippen molar-refractivity contribution in [2.45, 2.75) is 45.1 Å². The van der Waals surface area contributed by atoms with Crippen molar-refractivity contribution < 1.29 is 0 Å². The summed E-state index contributed by atoms with van der Waals surface area (Å²) in [7, 11) is 0. The summed E-state index contributed by atoms with van der Waals surface area (Å²) in [6.07, 6.45) is 7.02. The van der Waals surface area contributed by atoms with Gasteiger partial charge in [-0.1, -0.05) is 19.8 Å². The van der Waals surface area contributed by atoms with Crippen LogP contribution in [-0.4, -0.2) is 48.6 Å². The summed E-state index contributed by atoms with van der Waals surface area (Å²) in [5.41, 5.74) is 0. The largest absolute Gasteiger partial charge is 0.314 e. The fourth-order valence-corrected chi connectivity index (χ4v) is 4.12. The fraction of sp³-hybridized carbons (Fsp3) is 1.00. The molecule has 1 N–H and O–H groups in total. The maximum absolute atomic E-state index is 3.78. The zero-order valence-corrected chi connectivity index (χ0v) is 12.1. The molecule has 2 fully saturated rings. The van der Waals surface area contributed by atoms with Gasteiger partial charge in [0.25, 0.3) is 0 Å². The van der Waals surface area contributed by atoms with Gasteiger partial charge in [-0.05, 0) is 31.7 Å². The maximum atomic E-state index is 3.78. The van der Waals surface area contributed by atoms with Crippen LogP contribution in [0.1, 0.15) is 39.0 Å².